The van der Waals surface area contributed by atoms with Gasteiger partial charge in [-0.05, 0) is 78.1 Å². The van der Waals surface area contributed by atoms with E-state index in [1.165, 1.54) is 0 Å². The van der Waals surface area contributed by atoms with Gasteiger partial charge in [-0.2, -0.15) is 0 Å². The van der Waals surface area contributed by atoms with Crippen molar-refractivity contribution in [2.75, 3.05) is 24.6 Å². The molecule has 1 saturated heterocycles. The number of aromatic nitrogens is 1. The first kappa shape index (κ1) is 30.1. The highest BCUT2D eigenvalue weighted by Gasteiger charge is 2.38. The topological polar surface area (TPSA) is 98.3 Å². The van der Waals surface area contributed by atoms with Crippen LogP contribution >= 0.6 is 0 Å². The molecular weight excluding hydrogens is 498 g/mol. The van der Waals surface area contributed by atoms with E-state index in [-0.39, 0.29) is 18.6 Å². The number of likely N-dealkylation sites (tertiary alicyclic amines) is 1. The molecule has 2 atom stereocenters. The van der Waals surface area contributed by atoms with Gasteiger partial charge in [-0.15, -0.1) is 0 Å². The van der Waals surface area contributed by atoms with Crippen molar-refractivity contribution >= 4 is 24.3 Å². The second-order valence-electron chi connectivity index (χ2n) is 11.9. The van der Waals surface area contributed by atoms with Crippen molar-refractivity contribution in [3.05, 3.63) is 59.3 Å². The Morgan fingerprint density at radius 1 is 1.03 bits per heavy atom. The minimum atomic E-state index is -0.670. The fourth-order valence-electron chi connectivity index (χ4n) is 4.42. The Kier molecular flexibility index (Phi) is 9.72. The van der Waals surface area contributed by atoms with E-state index in [1.807, 2.05) is 90.9 Å². The van der Waals surface area contributed by atoms with Gasteiger partial charge in [0.2, 0.25) is 0 Å². The molecule has 1 fully saturated rings. The van der Waals surface area contributed by atoms with Crippen LogP contribution in [0.3, 0.4) is 0 Å². The third-order valence-corrected chi connectivity index (χ3v) is 5.97. The summed E-state index contributed by atoms with van der Waals surface area (Å²) in [4.78, 5) is 45.1. The summed E-state index contributed by atoms with van der Waals surface area (Å²) in [6, 6.07) is 13.5. The molecule has 2 aromatic rings. The van der Waals surface area contributed by atoms with E-state index < -0.39 is 23.4 Å². The summed E-state index contributed by atoms with van der Waals surface area (Å²) in [7, 11) is 0. The third-order valence-electron chi connectivity index (χ3n) is 5.97. The Morgan fingerprint density at radius 3 is 2.31 bits per heavy atom. The van der Waals surface area contributed by atoms with Crippen LogP contribution in [0.4, 0.5) is 15.4 Å². The average molecular weight is 540 g/mol. The summed E-state index contributed by atoms with van der Waals surface area (Å²) in [5.41, 5.74) is 1.34. The maximum absolute atomic E-state index is 13.3. The van der Waals surface area contributed by atoms with Crippen LogP contribution in [-0.4, -0.2) is 65.4 Å². The van der Waals surface area contributed by atoms with Gasteiger partial charge in [-0.25, -0.2) is 14.6 Å². The van der Waals surface area contributed by atoms with E-state index in [0.717, 1.165) is 16.8 Å². The summed E-state index contributed by atoms with van der Waals surface area (Å²) in [6.45, 7) is 13.9. The molecule has 0 radical (unpaired) electrons. The van der Waals surface area contributed by atoms with Crippen LogP contribution in [0.2, 0.25) is 0 Å². The molecule has 9 nitrogen and oxygen atoms in total. The lowest BCUT2D eigenvalue weighted by atomic mass is 9.98. The normalized spacial score (nSPS) is 17.6. The van der Waals surface area contributed by atoms with Crippen molar-refractivity contribution in [1.82, 2.24) is 9.88 Å². The largest absolute Gasteiger partial charge is 0.444 e. The lowest BCUT2D eigenvalue weighted by Crippen LogP contribution is -2.37. The molecule has 0 spiro atoms. The minimum Gasteiger partial charge on any atom is -0.444 e. The second-order valence-corrected chi connectivity index (χ2v) is 11.9. The van der Waals surface area contributed by atoms with Crippen molar-refractivity contribution in [2.45, 2.75) is 78.7 Å². The molecule has 2 heterocycles. The van der Waals surface area contributed by atoms with Gasteiger partial charge in [0.1, 0.15) is 29.9 Å². The highest BCUT2D eigenvalue weighted by molar-refractivity contribution is 5.86. The van der Waals surface area contributed by atoms with Gasteiger partial charge in [-0.3, -0.25) is 4.90 Å². The molecule has 9 heteroatoms. The number of benzene rings is 1. The van der Waals surface area contributed by atoms with Gasteiger partial charge in [0.15, 0.2) is 0 Å². The molecule has 212 valence electrons. The van der Waals surface area contributed by atoms with Crippen LogP contribution in [0, 0.1) is 12.8 Å². The zero-order valence-electron chi connectivity index (χ0n) is 24.1. The van der Waals surface area contributed by atoms with E-state index in [9.17, 15) is 14.4 Å². The predicted molar refractivity (Wildman–Crippen MR) is 149 cm³/mol. The summed E-state index contributed by atoms with van der Waals surface area (Å²) in [5, 5.41) is 0. The molecule has 39 heavy (non-hydrogen) atoms. The van der Waals surface area contributed by atoms with Crippen LogP contribution in [-0.2, 0) is 32.0 Å². The van der Waals surface area contributed by atoms with Crippen molar-refractivity contribution in [3.8, 4) is 0 Å². The number of amides is 2. The molecule has 0 N–H and O–H groups in total. The van der Waals surface area contributed by atoms with Crippen molar-refractivity contribution < 1.29 is 28.6 Å². The zero-order valence-corrected chi connectivity index (χ0v) is 24.1. The molecule has 2 amide bonds. The van der Waals surface area contributed by atoms with Crippen molar-refractivity contribution in [2.24, 2.45) is 5.92 Å². The molecule has 0 aliphatic carbocycles. The number of ether oxygens (including phenoxy) is 3. The molecule has 0 saturated carbocycles. The average Bonchev–Trinajstić information content (AvgIpc) is 3.22. The van der Waals surface area contributed by atoms with Gasteiger partial charge < -0.3 is 23.9 Å². The maximum Gasteiger partial charge on any atom is 0.416 e. The Hall–Kier alpha value is -3.46. The summed E-state index contributed by atoms with van der Waals surface area (Å²) in [5.74, 6) is 0.374. The number of aldehydes is 1. The van der Waals surface area contributed by atoms with E-state index in [2.05, 4.69) is 0 Å². The second kappa shape index (κ2) is 12.6. The number of aryl methyl sites for hydroxylation is 1. The molecule has 0 bridgehead atoms. The molecule has 1 aromatic heterocycles. The molecule has 1 aromatic carbocycles. The zero-order chi connectivity index (χ0) is 28.8. The lowest BCUT2D eigenvalue weighted by Gasteiger charge is -2.27. The maximum atomic E-state index is 13.3. The first-order chi connectivity index (χ1) is 18.2. The number of hydrogen-bond acceptors (Lipinski definition) is 7. The Balaban J connectivity index is 1.88. The van der Waals surface area contributed by atoms with Crippen LogP contribution in [0.5, 0.6) is 0 Å². The van der Waals surface area contributed by atoms with Crippen LogP contribution in [0.1, 0.15) is 58.4 Å². The Bertz CT molecular complexity index is 1140. The van der Waals surface area contributed by atoms with Crippen LogP contribution in [0.15, 0.2) is 42.5 Å². The van der Waals surface area contributed by atoms with Gasteiger partial charge in [0.25, 0.3) is 0 Å². The molecule has 1 aliphatic heterocycles. The molecular formula is C30H41N3O6. The Labute approximate surface area is 231 Å². The predicted octanol–water partition coefficient (Wildman–Crippen LogP) is 5.33. The SMILES string of the molecule is Cc1cc(CC2CN(C(=O)OC(C)(C)C)CC2OCC=O)nc(N(Cc2ccccc2)C(=O)OC(C)(C)C)c1. The van der Waals surface area contributed by atoms with Gasteiger partial charge in [-0.1, -0.05) is 30.3 Å². The number of hydrogen-bond donors (Lipinski definition) is 0. The number of pyridine rings is 1. The monoisotopic (exact) mass is 539 g/mol. The fourth-order valence-corrected chi connectivity index (χ4v) is 4.42. The van der Waals surface area contributed by atoms with Crippen molar-refractivity contribution in [3.63, 3.8) is 0 Å². The van der Waals surface area contributed by atoms with Gasteiger partial charge in [0, 0.05) is 18.2 Å². The number of carbonyl (C=O) groups excluding carboxylic acids is 3. The van der Waals surface area contributed by atoms with Gasteiger partial charge in [0.05, 0.1) is 19.2 Å². The summed E-state index contributed by atoms with van der Waals surface area (Å²) >= 11 is 0. The molecule has 2 unspecified atom stereocenters. The summed E-state index contributed by atoms with van der Waals surface area (Å²) < 4.78 is 17.1. The lowest BCUT2D eigenvalue weighted by molar-refractivity contribution is -0.114. The van der Waals surface area contributed by atoms with E-state index in [0.29, 0.717) is 38.2 Å². The number of nitrogens with zero attached hydrogens (tertiary/aromatic N) is 3. The van der Waals surface area contributed by atoms with E-state index >= 15 is 0 Å². The third kappa shape index (κ3) is 9.35. The fraction of sp³-hybridized carbons (Fsp3) is 0.533. The first-order valence-corrected chi connectivity index (χ1v) is 13.3. The highest BCUT2D eigenvalue weighted by atomic mass is 16.6. The van der Waals surface area contributed by atoms with E-state index in [1.54, 1.807) is 9.80 Å². The Morgan fingerprint density at radius 2 is 1.69 bits per heavy atom. The van der Waals surface area contributed by atoms with Gasteiger partial charge >= 0.3 is 12.2 Å². The quantitative estimate of drug-likeness (QED) is 0.419. The first-order valence-electron chi connectivity index (χ1n) is 13.3. The number of rotatable bonds is 8. The molecule has 3 rings (SSSR count). The molecule has 1 aliphatic rings. The highest BCUT2D eigenvalue weighted by Crippen LogP contribution is 2.27. The summed E-state index contributed by atoms with van der Waals surface area (Å²) in [6.07, 6.45) is -0.0513. The minimum absolute atomic E-state index is 0.0562. The standard InChI is InChI=1S/C30H41N3O6/c1-21-15-24(17-23-19-32(20-25(23)37-14-13-34)27(35)38-29(2,3)4)31-26(16-21)33(28(36)39-30(5,6)7)18-22-11-9-8-10-12-22/h8-13,15-16,23,25H,14,17-20H2,1-7H3. The van der Waals surface area contributed by atoms with E-state index in [4.69, 9.17) is 19.2 Å². The smallest absolute Gasteiger partial charge is 0.416 e. The number of carbonyl (C=O) groups is 3. The van der Waals surface area contributed by atoms with Crippen LogP contribution in [0.25, 0.3) is 0 Å². The van der Waals surface area contributed by atoms with Crippen molar-refractivity contribution in [1.29, 1.82) is 0 Å². The van der Waals surface area contributed by atoms with Crippen LogP contribution < -0.4 is 4.90 Å². The number of anilines is 1.